The van der Waals surface area contributed by atoms with Gasteiger partial charge in [-0.05, 0) is 0 Å². The SMILES string of the molecule is CC(=O)N1CCN(Cc2ncn[nH]2)CC1. The van der Waals surface area contributed by atoms with Gasteiger partial charge in [-0.25, -0.2) is 4.98 Å². The second kappa shape index (κ2) is 4.39. The van der Waals surface area contributed by atoms with E-state index in [0.717, 1.165) is 38.5 Å². The molecule has 82 valence electrons. The lowest BCUT2D eigenvalue weighted by atomic mass is 10.3. The van der Waals surface area contributed by atoms with E-state index in [1.54, 1.807) is 6.92 Å². The summed E-state index contributed by atoms with van der Waals surface area (Å²) in [6, 6.07) is 0. The van der Waals surface area contributed by atoms with Crippen molar-refractivity contribution < 1.29 is 4.79 Å². The summed E-state index contributed by atoms with van der Waals surface area (Å²) in [5.74, 6) is 1.04. The van der Waals surface area contributed by atoms with Gasteiger partial charge >= 0.3 is 0 Å². The van der Waals surface area contributed by atoms with Gasteiger partial charge in [-0.3, -0.25) is 14.8 Å². The number of nitrogens with one attached hydrogen (secondary N) is 1. The molecule has 1 aliphatic rings. The number of aromatic nitrogens is 3. The zero-order valence-corrected chi connectivity index (χ0v) is 8.81. The average Bonchev–Trinajstić information content (AvgIpc) is 2.71. The summed E-state index contributed by atoms with van der Waals surface area (Å²) < 4.78 is 0. The number of hydrogen-bond donors (Lipinski definition) is 1. The van der Waals surface area contributed by atoms with Gasteiger partial charge in [0.15, 0.2) is 0 Å². The van der Waals surface area contributed by atoms with Gasteiger partial charge in [0.25, 0.3) is 0 Å². The Labute approximate surface area is 88.3 Å². The molecule has 1 aromatic heterocycles. The third kappa shape index (κ3) is 2.53. The van der Waals surface area contributed by atoms with E-state index in [4.69, 9.17) is 0 Å². The second-order valence-corrected chi connectivity index (χ2v) is 3.71. The Balaban J connectivity index is 1.81. The lowest BCUT2D eigenvalue weighted by molar-refractivity contribution is -0.130. The molecule has 2 rings (SSSR count). The maximum absolute atomic E-state index is 11.1. The van der Waals surface area contributed by atoms with Crippen molar-refractivity contribution in [2.45, 2.75) is 13.5 Å². The van der Waals surface area contributed by atoms with Crippen LogP contribution in [0.4, 0.5) is 0 Å². The maximum atomic E-state index is 11.1. The van der Waals surface area contributed by atoms with Crippen molar-refractivity contribution >= 4 is 5.91 Å². The molecule has 1 saturated heterocycles. The highest BCUT2D eigenvalue weighted by atomic mass is 16.2. The molecule has 0 atom stereocenters. The van der Waals surface area contributed by atoms with Gasteiger partial charge in [0.05, 0.1) is 6.54 Å². The fourth-order valence-corrected chi connectivity index (χ4v) is 1.74. The first-order valence-corrected chi connectivity index (χ1v) is 5.08. The van der Waals surface area contributed by atoms with Crippen LogP contribution in [0.2, 0.25) is 0 Å². The Hall–Kier alpha value is -1.43. The van der Waals surface area contributed by atoms with E-state index >= 15 is 0 Å². The Morgan fingerprint density at radius 1 is 1.47 bits per heavy atom. The van der Waals surface area contributed by atoms with Crippen molar-refractivity contribution in [3.05, 3.63) is 12.2 Å². The lowest BCUT2D eigenvalue weighted by Gasteiger charge is -2.33. The van der Waals surface area contributed by atoms with E-state index in [2.05, 4.69) is 20.1 Å². The number of carbonyl (C=O) groups excluding carboxylic acids is 1. The number of amides is 1. The predicted octanol–water partition coefficient (Wildman–Crippen LogP) is -0.531. The van der Waals surface area contributed by atoms with Crippen molar-refractivity contribution in [3.63, 3.8) is 0 Å². The number of carbonyl (C=O) groups is 1. The van der Waals surface area contributed by atoms with E-state index in [1.165, 1.54) is 6.33 Å². The molecule has 0 saturated carbocycles. The Morgan fingerprint density at radius 3 is 2.73 bits per heavy atom. The van der Waals surface area contributed by atoms with Crippen LogP contribution >= 0.6 is 0 Å². The molecular weight excluding hydrogens is 194 g/mol. The molecule has 0 aliphatic carbocycles. The molecule has 1 amide bonds. The second-order valence-electron chi connectivity index (χ2n) is 3.71. The third-order valence-corrected chi connectivity index (χ3v) is 2.66. The first-order valence-electron chi connectivity index (χ1n) is 5.08. The van der Waals surface area contributed by atoms with Crippen molar-refractivity contribution in [1.29, 1.82) is 0 Å². The molecule has 0 aromatic carbocycles. The highest BCUT2D eigenvalue weighted by Gasteiger charge is 2.18. The number of piperazine rings is 1. The van der Waals surface area contributed by atoms with Crippen molar-refractivity contribution in [2.75, 3.05) is 26.2 Å². The monoisotopic (exact) mass is 209 g/mol. The molecule has 1 aromatic rings. The van der Waals surface area contributed by atoms with Crippen LogP contribution in [0.15, 0.2) is 6.33 Å². The minimum atomic E-state index is 0.161. The van der Waals surface area contributed by atoms with E-state index in [9.17, 15) is 4.79 Å². The largest absolute Gasteiger partial charge is 0.340 e. The standard InChI is InChI=1S/C9H15N5O/c1-8(15)14-4-2-13(3-5-14)6-9-10-7-11-12-9/h7H,2-6H2,1H3,(H,10,11,12). The number of aromatic amines is 1. The smallest absolute Gasteiger partial charge is 0.219 e. The lowest BCUT2D eigenvalue weighted by Crippen LogP contribution is -2.47. The molecule has 1 aliphatic heterocycles. The fraction of sp³-hybridized carbons (Fsp3) is 0.667. The quantitative estimate of drug-likeness (QED) is 0.711. The number of nitrogens with zero attached hydrogens (tertiary/aromatic N) is 4. The number of rotatable bonds is 2. The van der Waals surface area contributed by atoms with Crippen molar-refractivity contribution in [2.24, 2.45) is 0 Å². The van der Waals surface area contributed by atoms with Gasteiger partial charge in [-0.15, -0.1) is 0 Å². The highest BCUT2D eigenvalue weighted by molar-refractivity contribution is 5.73. The molecular formula is C9H15N5O. The molecule has 6 nitrogen and oxygen atoms in total. The van der Waals surface area contributed by atoms with Gasteiger partial charge in [0.2, 0.25) is 5.91 Å². The molecule has 2 heterocycles. The molecule has 0 radical (unpaired) electrons. The first-order chi connectivity index (χ1) is 7.25. The van der Waals surface area contributed by atoms with Crippen LogP contribution in [0.5, 0.6) is 0 Å². The van der Waals surface area contributed by atoms with Gasteiger partial charge in [-0.1, -0.05) is 0 Å². The molecule has 0 spiro atoms. The molecule has 6 heteroatoms. The summed E-state index contributed by atoms with van der Waals surface area (Å²) in [7, 11) is 0. The maximum Gasteiger partial charge on any atom is 0.219 e. The number of hydrogen-bond acceptors (Lipinski definition) is 4. The Kier molecular flexibility index (Phi) is 2.96. The van der Waals surface area contributed by atoms with Crippen LogP contribution in [-0.2, 0) is 11.3 Å². The van der Waals surface area contributed by atoms with Crippen LogP contribution in [-0.4, -0.2) is 57.1 Å². The van der Waals surface area contributed by atoms with E-state index in [-0.39, 0.29) is 5.91 Å². The summed E-state index contributed by atoms with van der Waals surface area (Å²) in [6.07, 6.45) is 1.52. The van der Waals surface area contributed by atoms with E-state index in [1.807, 2.05) is 4.90 Å². The van der Waals surface area contributed by atoms with E-state index in [0.29, 0.717) is 0 Å². The highest BCUT2D eigenvalue weighted by Crippen LogP contribution is 2.04. The zero-order valence-electron chi connectivity index (χ0n) is 8.81. The Morgan fingerprint density at radius 2 is 2.20 bits per heavy atom. The molecule has 15 heavy (non-hydrogen) atoms. The van der Waals surface area contributed by atoms with Crippen LogP contribution in [0, 0.1) is 0 Å². The summed E-state index contributed by atoms with van der Waals surface area (Å²) >= 11 is 0. The zero-order chi connectivity index (χ0) is 10.7. The summed E-state index contributed by atoms with van der Waals surface area (Å²) in [5.41, 5.74) is 0. The third-order valence-electron chi connectivity index (χ3n) is 2.66. The van der Waals surface area contributed by atoms with Crippen LogP contribution in [0.3, 0.4) is 0 Å². The van der Waals surface area contributed by atoms with Crippen molar-refractivity contribution in [1.82, 2.24) is 25.0 Å². The van der Waals surface area contributed by atoms with Crippen LogP contribution in [0.1, 0.15) is 12.7 Å². The molecule has 0 bridgehead atoms. The first kappa shape index (κ1) is 10.1. The minimum Gasteiger partial charge on any atom is -0.340 e. The summed E-state index contributed by atoms with van der Waals surface area (Å²) in [6.45, 7) is 5.82. The summed E-state index contributed by atoms with van der Waals surface area (Å²) in [5, 5.41) is 6.64. The molecule has 0 unspecified atom stereocenters. The van der Waals surface area contributed by atoms with Gasteiger partial charge in [0.1, 0.15) is 12.2 Å². The minimum absolute atomic E-state index is 0.161. The molecule has 1 fully saturated rings. The predicted molar refractivity (Wildman–Crippen MR) is 53.9 cm³/mol. The van der Waals surface area contributed by atoms with Crippen LogP contribution < -0.4 is 0 Å². The fourth-order valence-electron chi connectivity index (χ4n) is 1.74. The topological polar surface area (TPSA) is 65.1 Å². The average molecular weight is 209 g/mol. The van der Waals surface area contributed by atoms with Gasteiger partial charge < -0.3 is 4.90 Å². The molecule has 1 N–H and O–H groups in total. The van der Waals surface area contributed by atoms with Gasteiger partial charge in [0, 0.05) is 33.1 Å². The van der Waals surface area contributed by atoms with Gasteiger partial charge in [-0.2, -0.15) is 5.10 Å². The van der Waals surface area contributed by atoms with Crippen LogP contribution in [0.25, 0.3) is 0 Å². The van der Waals surface area contributed by atoms with Crippen molar-refractivity contribution in [3.8, 4) is 0 Å². The normalized spacial score (nSPS) is 18.1. The number of H-pyrrole nitrogens is 1. The van der Waals surface area contributed by atoms with E-state index < -0.39 is 0 Å². The Bertz CT molecular complexity index is 315. The summed E-state index contributed by atoms with van der Waals surface area (Å²) in [4.78, 5) is 19.3.